The van der Waals surface area contributed by atoms with E-state index >= 15 is 0 Å². The number of nitrogens with zero attached hydrogens (tertiary/aromatic N) is 1. The van der Waals surface area contributed by atoms with Crippen molar-refractivity contribution in [2.45, 2.75) is 69.9 Å². The van der Waals surface area contributed by atoms with Crippen LogP contribution in [0.2, 0.25) is 5.02 Å². The van der Waals surface area contributed by atoms with Gasteiger partial charge in [0.2, 0.25) is 10.0 Å². The molecule has 0 bridgehead atoms. The number of hydrogen-bond donors (Lipinski definition) is 2. The third-order valence-electron chi connectivity index (χ3n) is 4.73. The molecule has 3 amide bonds. The SMILES string of the molecule is CC(OC(=O)c1ccc(Cl)c(S(=O)(=O)N2CCCCCC2)c1)C(=O)NC(=O)NC(C)(C)C. The standard InChI is InChI=1S/C21H30ClN3O6S/c1-14(18(26)23-20(28)24-21(2,3)4)31-19(27)15-9-10-16(22)17(13-15)32(29,30)25-11-7-5-6-8-12-25/h9-10,13-14H,5-8,11-12H2,1-4H3,(H2,23,24,26,28). The van der Waals surface area contributed by atoms with Gasteiger partial charge in [0.15, 0.2) is 6.10 Å². The quantitative estimate of drug-likeness (QED) is 0.615. The second-order valence-corrected chi connectivity index (χ2v) is 11.0. The number of carbonyl (C=O) groups excluding carboxylic acids is 3. The van der Waals surface area contributed by atoms with Crippen LogP contribution in [0, 0.1) is 0 Å². The van der Waals surface area contributed by atoms with Gasteiger partial charge < -0.3 is 10.1 Å². The predicted octanol–water partition coefficient (Wildman–Crippen LogP) is 3.07. The number of carbonyl (C=O) groups is 3. The van der Waals surface area contributed by atoms with Crippen LogP contribution in [0.25, 0.3) is 0 Å². The zero-order valence-electron chi connectivity index (χ0n) is 18.7. The van der Waals surface area contributed by atoms with Gasteiger partial charge in [-0.1, -0.05) is 24.4 Å². The first-order chi connectivity index (χ1) is 14.8. The molecule has 1 atom stereocenters. The summed E-state index contributed by atoms with van der Waals surface area (Å²) in [5, 5.41) is 4.65. The van der Waals surface area contributed by atoms with Crippen molar-refractivity contribution in [3.05, 3.63) is 28.8 Å². The van der Waals surface area contributed by atoms with Gasteiger partial charge in [-0.3, -0.25) is 10.1 Å². The Kier molecular flexibility index (Phi) is 8.67. The molecule has 0 aliphatic carbocycles. The highest BCUT2D eigenvalue weighted by Gasteiger charge is 2.29. The molecule has 1 aromatic rings. The normalized spacial score (nSPS) is 16.5. The van der Waals surface area contributed by atoms with Gasteiger partial charge in [0.25, 0.3) is 5.91 Å². The molecule has 2 N–H and O–H groups in total. The Morgan fingerprint density at radius 1 is 1.09 bits per heavy atom. The Hall–Kier alpha value is -2.17. The second-order valence-electron chi connectivity index (χ2n) is 8.70. The molecule has 0 radical (unpaired) electrons. The maximum Gasteiger partial charge on any atom is 0.338 e. The number of hydrogen-bond acceptors (Lipinski definition) is 6. The number of imide groups is 1. The number of rotatable bonds is 5. The molecule has 1 fully saturated rings. The van der Waals surface area contributed by atoms with Crippen molar-refractivity contribution in [1.82, 2.24) is 14.9 Å². The first kappa shape index (κ1) is 26.1. The number of sulfonamides is 1. The average molecular weight is 488 g/mol. The van der Waals surface area contributed by atoms with Crippen molar-refractivity contribution in [3.8, 4) is 0 Å². The lowest BCUT2D eigenvalue weighted by atomic mass is 10.1. The lowest BCUT2D eigenvalue weighted by Gasteiger charge is -2.21. The van der Waals surface area contributed by atoms with E-state index in [0.717, 1.165) is 31.7 Å². The van der Waals surface area contributed by atoms with Gasteiger partial charge in [-0.2, -0.15) is 4.31 Å². The Morgan fingerprint density at radius 3 is 2.25 bits per heavy atom. The van der Waals surface area contributed by atoms with Gasteiger partial charge in [-0.05, 0) is 58.7 Å². The lowest BCUT2D eigenvalue weighted by molar-refractivity contribution is -0.127. The van der Waals surface area contributed by atoms with Crippen molar-refractivity contribution in [2.24, 2.45) is 0 Å². The van der Waals surface area contributed by atoms with Crippen molar-refractivity contribution < 1.29 is 27.5 Å². The summed E-state index contributed by atoms with van der Waals surface area (Å²) in [7, 11) is -3.89. The zero-order valence-corrected chi connectivity index (χ0v) is 20.3. The van der Waals surface area contributed by atoms with Crippen molar-refractivity contribution in [2.75, 3.05) is 13.1 Å². The minimum atomic E-state index is -3.89. The van der Waals surface area contributed by atoms with E-state index in [-0.39, 0.29) is 15.5 Å². The highest BCUT2D eigenvalue weighted by Crippen LogP contribution is 2.28. The van der Waals surface area contributed by atoms with Gasteiger partial charge in [0, 0.05) is 18.6 Å². The molecular weight excluding hydrogens is 458 g/mol. The summed E-state index contributed by atoms with van der Waals surface area (Å²) < 4.78 is 32.7. The summed E-state index contributed by atoms with van der Waals surface area (Å²) in [6.45, 7) is 7.33. The fraction of sp³-hybridized carbons (Fsp3) is 0.571. The van der Waals surface area contributed by atoms with Crippen molar-refractivity contribution in [1.29, 1.82) is 0 Å². The zero-order chi connectivity index (χ0) is 24.1. The fourth-order valence-electron chi connectivity index (χ4n) is 3.12. The smallest absolute Gasteiger partial charge is 0.338 e. The maximum atomic E-state index is 13.1. The van der Waals surface area contributed by atoms with Crippen molar-refractivity contribution >= 4 is 39.5 Å². The molecule has 178 valence electrons. The molecule has 1 aromatic carbocycles. The van der Waals surface area contributed by atoms with Crippen LogP contribution in [-0.4, -0.2) is 55.4 Å². The summed E-state index contributed by atoms with van der Waals surface area (Å²) in [5.74, 6) is -1.72. The highest BCUT2D eigenvalue weighted by atomic mass is 35.5. The number of halogens is 1. The van der Waals surface area contributed by atoms with Crippen LogP contribution in [0.4, 0.5) is 4.79 Å². The van der Waals surface area contributed by atoms with Gasteiger partial charge in [0.05, 0.1) is 10.6 Å². The van der Waals surface area contributed by atoms with Crippen LogP contribution < -0.4 is 10.6 Å². The highest BCUT2D eigenvalue weighted by molar-refractivity contribution is 7.89. The van der Waals surface area contributed by atoms with E-state index in [1.165, 1.54) is 23.4 Å². The predicted molar refractivity (Wildman–Crippen MR) is 120 cm³/mol. The molecule has 1 aliphatic heterocycles. The topological polar surface area (TPSA) is 122 Å². The van der Waals surface area contributed by atoms with E-state index < -0.39 is 39.6 Å². The largest absolute Gasteiger partial charge is 0.449 e. The summed E-state index contributed by atoms with van der Waals surface area (Å²) in [6.07, 6.45) is 2.15. The van der Waals surface area contributed by atoms with Gasteiger partial charge in [0.1, 0.15) is 4.90 Å². The Balaban J connectivity index is 2.12. The van der Waals surface area contributed by atoms with E-state index in [0.29, 0.717) is 13.1 Å². The Morgan fingerprint density at radius 2 is 1.69 bits per heavy atom. The monoisotopic (exact) mass is 487 g/mol. The van der Waals surface area contributed by atoms with Crippen LogP contribution in [0.1, 0.15) is 63.7 Å². The second kappa shape index (κ2) is 10.6. The van der Waals surface area contributed by atoms with E-state index in [1.807, 2.05) is 0 Å². The molecule has 2 rings (SSSR count). The van der Waals surface area contributed by atoms with Crippen LogP contribution in [0.3, 0.4) is 0 Å². The van der Waals surface area contributed by atoms with E-state index in [4.69, 9.17) is 16.3 Å². The van der Waals surface area contributed by atoms with Crippen molar-refractivity contribution in [3.63, 3.8) is 0 Å². The molecule has 1 unspecified atom stereocenters. The number of esters is 1. The number of ether oxygens (including phenoxy) is 1. The van der Waals surface area contributed by atoms with E-state index in [2.05, 4.69) is 10.6 Å². The minimum absolute atomic E-state index is 0.00422. The van der Waals surface area contributed by atoms with Crippen LogP contribution in [0.15, 0.2) is 23.1 Å². The number of amides is 3. The fourth-order valence-corrected chi connectivity index (χ4v) is 5.13. The number of benzene rings is 1. The summed E-state index contributed by atoms with van der Waals surface area (Å²) in [6, 6.07) is 3.07. The summed E-state index contributed by atoms with van der Waals surface area (Å²) in [5.41, 5.74) is -0.621. The third-order valence-corrected chi connectivity index (χ3v) is 7.11. The molecule has 32 heavy (non-hydrogen) atoms. The molecule has 1 aliphatic rings. The van der Waals surface area contributed by atoms with Crippen LogP contribution >= 0.6 is 11.6 Å². The average Bonchev–Trinajstić information content (AvgIpc) is 2.96. The molecule has 0 spiro atoms. The first-order valence-electron chi connectivity index (χ1n) is 10.4. The molecule has 9 nitrogen and oxygen atoms in total. The minimum Gasteiger partial charge on any atom is -0.449 e. The first-order valence-corrected chi connectivity index (χ1v) is 12.3. The number of nitrogens with one attached hydrogen (secondary N) is 2. The third kappa shape index (κ3) is 7.18. The molecule has 0 aromatic heterocycles. The lowest BCUT2D eigenvalue weighted by Crippen LogP contribution is -2.50. The summed E-state index contributed by atoms with van der Waals surface area (Å²) in [4.78, 5) is 36.3. The van der Waals surface area contributed by atoms with Crippen LogP contribution in [-0.2, 0) is 19.6 Å². The van der Waals surface area contributed by atoms with Gasteiger partial charge in [-0.25, -0.2) is 18.0 Å². The molecule has 1 saturated heterocycles. The summed E-state index contributed by atoms with van der Waals surface area (Å²) >= 11 is 6.15. The molecular formula is C21H30ClN3O6S. The number of urea groups is 1. The molecule has 0 saturated carbocycles. The molecule has 1 heterocycles. The Labute approximate surface area is 193 Å². The van der Waals surface area contributed by atoms with Crippen LogP contribution in [0.5, 0.6) is 0 Å². The maximum absolute atomic E-state index is 13.1. The van der Waals surface area contributed by atoms with Gasteiger partial charge in [-0.15, -0.1) is 0 Å². The van der Waals surface area contributed by atoms with Gasteiger partial charge >= 0.3 is 12.0 Å². The van der Waals surface area contributed by atoms with E-state index in [1.54, 1.807) is 20.8 Å². The molecule has 11 heteroatoms. The Bertz CT molecular complexity index is 966. The van der Waals surface area contributed by atoms with E-state index in [9.17, 15) is 22.8 Å².